The zero-order chi connectivity index (χ0) is 16.9. The van der Waals surface area contributed by atoms with Crippen LogP contribution in [0.1, 0.15) is 48.1 Å². The smallest absolute Gasteiger partial charge is 0.173 e. The molecule has 3 rings (SSSR count). The maximum absolute atomic E-state index is 4.57. The average molecular weight is 429 g/mol. The first kappa shape index (κ1) is 16.9. The summed E-state index contributed by atoms with van der Waals surface area (Å²) in [5.41, 5.74) is 3.79. The normalized spacial score (nSPS) is 11.5. The summed E-state index contributed by atoms with van der Waals surface area (Å²) in [4.78, 5) is 4.57. The zero-order valence-corrected chi connectivity index (χ0v) is 16.0. The highest BCUT2D eigenvalue weighted by Crippen LogP contribution is 2.21. The molecule has 3 nitrogen and oxygen atoms in total. The molecule has 0 aliphatic heterocycles. The van der Waals surface area contributed by atoms with Gasteiger partial charge >= 0.3 is 0 Å². The first-order chi connectivity index (χ1) is 11.6. The van der Waals surface area contributed by atoms with Crippen molar-refractivity contribution in [3.8, 4) is 0 Å². The predicted molar refractivity (Wildman–Crippen MR) is 108 cm³/mol. The Bertz CT molecular complexity index is 849. The average Bonchev–Trinajstić information content (AvgIpc) is 3.00. The summed E-state index contributed by atoms with van der Waals surface area (Å²) in [6.07, 6.45) is 4.82. The molecule has 0 atom stereocenters. The lowest BCUT2D eigenvalue weighted by molar-refractivity contribution is 0.864. The van der Waals surface area contributed by atoms with Gasteiger partial charge in [-0.05, 0) is 63.4 Å². The largest absolute Gasteiger partial charge is 0.262 e. The maximum Gasteiger partial charge on any atom is 0.173 e. The van der Waals surface area contributed by atoms with Crippen molar-refractivity contribution in [2.45, 2.75) is 26.2 Å². The van der Waals surface area contributed by atoms with E-state index in [9.17, 15) is 0 Å². The molecule has 0 saturated carbocycles. The molecule has 3 aromatic rings. The lowest BCUT2D eigenvalue weighted by atomic mass is 9.97. The standard InChI is InChI=1S/C20H20IN3/c1-14(2)18-9-4-3-7-16(18)10-11-19-22-20(24-23-19)13-15-6-5-8-17(21)12-15/h3-12,14H,13H2,1-2H3,(H,22,23,24)/b11-10+. The molecule has 24 heavy (non-hydrogen) atoms. The van der Waals surface area contributed by atoms with Gasteiger partial charge in [0.2, 0.25) is 0 Å². The van der Waals surface area contributed by atoms with Crippen LogP contribution in [0.15, 0.2) is 48.5 Å². The summed E-state index contributed by atoms with van der Waals surface area (Å²) >= 11 is 2.32. The molecule has 0 aliphatic rings. The summed E-state index contributed by atoms with van der Waals surface area (Å²) in [6.45, 7) is 4.41. The van der Waals surface area contributed by atoms with Crippen LogP contribution in [0.4, 0.5) is 0 Å². The molecule has 0 spiro atoms. The molecule has 0 radical (unpaired) electrons. The Hall–Kier alpha value is -1.95. The fraction of sp³-hybridized carbons (Fsp3) is 0.200. The van der Waals surface area contributed by atoms with E-state index in [0.29, 0.717) is 11.7 Å². The van der Waals surface area contributed by atoms with E-state index < -0.39 is 0 Å². The Morgan fingerprint density at radius 1 is 1.08 bits per heavy atom. The number of H-pyrrole nitrogens is 1. The Morgan fingerprint density at radius 3 is 2.71 bits per heavy atom. The molecule has 122 valence electrons. The molecule has 1 heterocycles. The number of halogens is 1. The van der Waals surface area contributed by atoms with Gasteiger partial charge in [-0.1, -0.05) is 56.3 Å². The monoisotopic (exact) mass is 429 g/mol. The summed E-state index contributed by atoms with van der Waals surface area (Å²) in [7, 11) is 0. The second-order valence-electron chi connectivity index (χ2n) is 6.06. The number of nitrogens with one attached hydrogen (secondary N) is 1. The number of hydrogen-bond acceptors (Lipinski definition) is 2. The molecule has 0 unspecified atom stereocenters. The summed E-state index contributed by atoms with van der Waals surface area (Å²) in [5.74, 6) is 2.09. The Labute approximate surface area is 156 Å². The third-order valence-corrected chi connectivity index (χ3v) is 4.51. The topological polar surface area (TPSA) is 41.6 Å². The van der Waals surface area contributed by atoms with Crippen molar-refractivity contribution in [1.82, 2.24) is 15.2 Å². The van der Waals surface area contributed by atoms with Gasteiger partial charge in [-0.3, -0.25) is 5.10 Å². The molecular weight excluding hydrogens is 409 g/mol. The van der Waals surface area contributed by atoms with Crippen molar-refractivity contribution >= 4 is 34.7 Å². The van der Waals surface area contributed by atoms with Gasteiger partial charge in [0, 0.05) is 9.99 Å². The van der Waals surface area contributed by atoms with Crippen molar-refractivity contribution in [3.63, 3.8) is 0 Å². The first-order valence-corrected chi connectivity index (χ1v) is 9.12. The maximum atomic E-state index is 4.57. The van der Waals surface area contributed by atoms with Crippen molar-refractivity contribution < 1.29 is 0 Å². The van der Waals surface area contributed by atoms with E-state index in [1.807, 2.05) is 6.08 Å². The van der Waals surface area contributed by atoms with E-state index in [1.165, 1.54) is 20.3 Å². The van der Waals surface area contributed by atoms with Gasteiger partial charge in [-0.15, -0.1) is 0 Å². The second-order valence-corrected chi connectivity index (χ2v) is 7.31. The third-order valence-electron chi connectivity index (χ3n) is 3.84. The van der Waals surface area contributed by atoms with E-state index in [1.54, 1.807) is 0 Å². The van der Waals surface area contributed by atoms with Gasteiger partial charge < -0.3 is 0 Å². The number of aromatic nitrogens is 3. The van der Waals surface area contributed by atoms with Gasteiger partial charge in [0.15, 0.2) is 5.82 Å². The van der Waals surface area contributed by atoms with Crippen molar-refractivity contribution in [2.24, 2.45) is 0 Å². The molecule has 0 amide bonds. The molecule has 0 bridgehead atoms. The van der Waals surface area contributed by atoms with Crippen LogP contribution >= 0.6 is 22.6 Å². The highest BCUT2D eigenvalue weighted by atomic mass is 127. The zero-order valence-electron chi connectivity index (χ0n) is 13.8. The minimum atomic E-state index is 0.495. The van der Waals surface area contributed by atoms with E-state index in [2.05, 4.69) is 106 Å². The van der Waals surface area contributed by atoms with E-state index in [0.717, 1.165) is 12.2 Å². The van der Waals surface area contributed by atoms with E-state index in [4.69, 9.17) is 0 Å². The summed E-state index contributed by atoms with van der Waals surface area (Å²) in [5, 5.41) is 7.33. The van der Waals surface area contributed by atoms with Gasteiger partial charge in [-0.2, -0.15) is 5.10 Å². The van der Waals surface area contributed by atoms with Crippen LogP contribution in [-0.4, -0.2) is 15.2 Å². The van der Waals surface area contributed by atoms with Gasteiger partial charge in [0.1, 0.15) is 5.82 Å². The van der Waals surface area contributed by atoms with Crippen molar-refractivity contribution in [3.05, 3.63) is 80.4 Å². The molecule has 4 heteroatoms. The molecule has 0 aliphatic carbocycles. The lowest BCUT2D eigenvalue weighted by Crippen LogP contribution is -1.91. The van der Waals surface area contributed by atoms with E-state index >= 15 is 0 Å². The molecule has 1 N–H and O–H groups in total. The van der Waals surface area contributed by atoms with E-state index in [-0.39, 0.29) is 0 Å². The van der Waals surface area contributed by atoms with Crippen LogP contribution in [0.3, 0.4) is 0 Å². The quantitative estimate of drug-likeness (QED) is 0.560. The van der Waals surface area contributed by atoms with Crippen LogP contribution in [0, 0.1) is 3.57 Å². The molecule has 2 aromatic carbocycles. The number of rotatable bonds is 5. The highest BCUT2D eigenvalue weighted by molar-refractivity contribution is 14.1. The molecule has 0 fully saturated rings. The fourth-order valence-corrected chi connectivity index (χ4v) is 3.26. The van der Waals surface area contributed by atoms with Gasteiger partial charge in [-0.25, -0.2) is 4.98 Å². The summed E-state index contributed by atoms with van der Waals surface area (Å²) < 4.78 is 1.23. The highest BCUT2D eigenvalue weighted by Gasteiger charge is 2.05. The second kappa shape index (κ2) is 7.75. The minimum Gasteiger partial charge on any atom is -0.262 e. The lowest BCUT2D eigenvalue weighted by Gasteiger charge is -2.08. The van der Waals surface area contributed by atoms with Crippen LogP contribution in [-0.2, 0) is 6.42 Å². The number of benzene rings is 2. The minimum absolute atomic E-state index is 0.495. The predicted octanol–water partition coefficient (Wildman–Crippen LogP) is 5.29. The summed E-state index contributed by atoms with van der Waals surface area (Å²) in [6, 6.07) is 16.9. The van der Waals surface area contributed by atoms with Crippen LogP contribution in [0.5, 0.6) is 0 Å². The molecule has 1 aromatic heterocycles. The Kier molecular flexibility index (Phi) is 5.45. The molecule has 0 saturated heterocycles. The van der Waals surface area contributed by atoms with Crippen LogP contribution in [0.25, 0.3) is 12.2 Å². The fourth-order valence-electron chi connectivity index (χ4n) is 2.66. The van der Waals surface area contributed by atoms with Gasteiger partial charge in [0.05, 0.1) is 0 Å². The number of hydrogen-bond donors (Lipinski definition) is 1. The van der Waals surface area contributed by atoms with Crippen LogP contribution < -0.4 is 0 Å². The SMILES string of the molecule is CC(C)c1ccccc1/C=C/c1n[nH]c(Cc2cccc(I)c2)n1. The number of aromatic amines is 1. The first-order valence-electron chi connectivity index (χ1n) is 8.04. The Balaban J connectivity index is 1.74. The molecular formula is C20H20IN3. The van der Waals surface area contributed by atoms with Crippen molar-refractivity contribution in [1.29, 1.82) is 0 Å². The third kappa shape index (κ3) is 4.32. The van der Waals surface area contributed by atoms with Gasteiger partial charge in [0.25, 0.3) is 0 Å². The Morgan fingerprint density at radius 2 is 1.92 bits per heavy atom. The van der Waals surface area contributed by atoms with Crippen LogP contribution in [0.2, 0.25) is 0 Å². The van der Waals surface area contributed by atoms with Crippen molar-refractivity contribution in [2.75, 3.05) is 0 Å². The number of nitrogens with zero attached hydrogens (tertiary/aromatic N) is 2.